The largest absolute Gasteiger partial charge is 0.385 e. The van der Waals surface area contributed by atoms with Crippen LogP contribution in [-0.4, -0.2) is 5.11 Å². The van der Waals surface area contributed by atoms with Crippen LogP contribution in [0.5, 0.6) is 0 Å². The van der Waals surface area contributed by atoms with Gasteiger partial charge in [0, 0.05) is 5.41 Å². The standard InChI is InChI=1S/C16H22O/c1-14(2)11-15(3)9-13(14)10-16(15,17)12-7-5-4-6-8-12/h4-8,13,17H,9-11H2,1-3H3/t13-,15-,16+/m1/s1. The SMILES string of the molecule is CC1(C)C[C@@]2(C)C[C@@H]1C[C@]2(O)c1ccccc1. The minimum atomic E-state index is -0.603. The molecule has 2 aliphatic carbocycles. The first kappa shape index (κ1) is 11.3. The number of hydrogen-bond acceptors (Lipinski definition) is 1. The van der Waals surface area contributed by atoms with Crippen molar-refractivity contribution in [2.24, 2.45) is 16.7 Å². The van der Waals surface area contributed by atoms with Gasteiger partial charge in [-0.05, 0) is 36.2 Å². The van der Waals surface area contributed by atoms with Crippen LogP contribution in [0.2, 0.25) is 0 Å². The lowest BCUT2D eigenvalue weighted by Gasteiger charge is -2.46. The van der Waals surface area contributed by atoms with Crippen molar-refractivity contribution in [2.75, 3.05) is 0 Å². The van der Waals surface area contributed by atoms with E-state index in [0.29, 0.717) is 11.3 Å². The van der Waals surface area contributed by atoms with E-state index in [1.807, 2.05) is 18.2 Å². The van der Waals surface area contributed by atoms with Gasteiger partial charge in [-0.2, -0.15) is 0 Å². The van der Waals surface area contributed by atoms with Gasteiger partial charge in [0.05, 0.1) is 5.60 Å². The van der Waals surface area contributed by atoms with Crippen molar-refractivity contribution in [1.82, 2.24) is 0 Å². The Morgan fingerprint density at radius 1 is 1.06 bits per heavy atom. The molecule has 0 amide bonds. The number of aliphatic hydroxyl groups is 1. The summed E-state index contributed by atoms with van der Waals surface area (Å²) < 4.78 is 0. The van der Waals surface area contributed by atoms with E-state index >= 15 is 0 Å². The van der Waals surface area contributed by atoms with Crippen molar-refractivity contribution < 1.29 is 5.11 Å². The van der Waals surface area contributed by atoms with Crippen molar-refractivity contribution >= 4 is 0 Å². The first-order chi connectivity index (χ1) is 7.87. The van der Waals surface area contributed by atoms with E-state index in [9.17, 15) is 5.11 Å². The lowest BCUT2D eigenvalue weighted by molar-refractivity contribution is -0.0926. The van der Waals surface area contributed by atoms with E-state index in [-0.39, 0.29) is 5.41 Å². The van der Waals surface area contributed by atoms with Crippen LogP contribution in [0.15, 0.2) is 30.3 Å². The summed E-state index contributed by atoms with van der Waals surface area (Å²) in [5.41, 5.74) is 0.965. The van der Waals surface area contributed by atoms with Gasteiger partial charge < -0.3 is 5.11 Å². The average molecular weight is 230 g/mol. The monoisotopic (exact) mass is 230 g/mol. The van der Waals surface area contributed by atoms with Gasteiger partial charge in [-0.25, -0.2) is 0 Å². The zero-order chi connectivity index (χ0) is 12.3. The van der Waals surface area contributed by atoms with Gasteiger partial charge in [0.25, 0.3) is 0 Å². The Kier molecular flexibility index (Phi) is 2.08. The Balaban J connectivity index is 2.03. The Morgan fingerprint density at radius 3 is 2.18 bits per heavy atom. The number of rotatable bonds is 1. The van der Waals surface area contributed by atoms with Crippen molar-refractivity contribution in [2.45, 2.75) is 45.6 Å². The topological polar surface area (TPSA) is 20.2 Å². The average Bonchev–Trinajstić information content (AvgIpc) is 2.65. The summed E-state index contributed by atoms with van der Waals surface area (Å²) in [6.45, 7) is 6.98. The van der Waals surface area contributed by atoms with Crippen LogP contribution in [0.1, 0.15) is 45.6 Å². The van der Waals surface area contributed by atoms with E-state index in [0.717, 1.165) is 18.4 Å². The Morgan fingerprint density at radius 2 is 1.71 bits per heavy atom. The Bertz CT molecular complexity index is 436. The fourth-order valence-corrected chi connectivity index (χ4v) is 4.49. The highest BCUT2D eigenvalue weighted by Crippen LogP contribution is 2.69. The van der Waals surface area contributed by atoms with Crippen LogP contribution in [0.25, 0.3) is 0 Å². The maximum absolute atomic E-state index is 11.1. The van der Waals surface area contributed by atoms with Crippen molar-refractivity contribution in [3.8, 4) is 0 Å². The van der Waals surface area contributed by atoms with E-state index in [1.165, 1.54) is 6.42 Å². The van der Waals surface area contributed by atoms with E-state index in [2.05, 4.69) is 32.9 Å². The van der Waals surface area contributed by atoms with Crippen LogP contribution in [0, 0.1) is 16.7 Å². The Labute approximate surface area is 104 Å². The van der Waals surface area contributed by atoms with Crippen LogP contribution in [-0.2, 0) is 5.60 Å². The molecular formula is C16H22O. The van der Waals surface area contributed by atoms with Gasteiger partial charge in [-0.1, -0.05) is 51.1 Å². The number of hydrogen-bond donors (Lipinski definition) is 1. The van der Waals surface area contributed by atoms with Crippen molar-refractivity contribution in [3.05, 3.63) is 35.9 Å². The predicted molar refractivity (Wildman–Crippen MR) is 69.6 cm³/mol. The third-order valence-corrected chi connectivity index (χ3v) is 5.44. The second-order valence-electron chi connectivity index (χ2n) is 7.06. The van der Waals surface area contributed by atoms with Crippen LogP contribution in [0.4, 0.5) is 0 Å². The zero-order valence-corrected chi connectivity index (χ0v) is 11.0. The number of benzene rings is 1. The highest BCUT2D eigenvalue weighted by atomic mass is 16.3. The molecule has 2 aliphatic rings. The van der Waals surface area contributed by atoms with Gasteiger partial charge >= 0.3 is 0 Å². The summed E-state index contributed by atoms with van der Waals surface area (Å²) in [4.78, 5) is 0. The van der Waals surface area contributed by atoms with E-state index in [4.69, 9.17) is 0 Å². The molecule has 1 aromatic carbocycles. The lowest BCUT2D eigenvalue weighted by atomic mass is 9.63. The number of fused-ring (bicyclic) bond motifs is 2. The maximum Gasteiger partial charge on any atom is 0.0952 e. The van der Waals surface area contributed by atoms with Gasteiger partial charge in [0.2, 0.25) is 0 Å². The summed E-state index contributed by atoms with van der Waals surface area (Å²) in [6.07, 6.45) is 3.24. The van der Waals surface area contributed by atoms with Crippen LogP contribution >= 0.6 is 0 Å². The van der Waals surface area contributed by atoms with Gasteiger partial charge in [0.1, 0.15) is 0 Å². The molecule has 0 spiro atoms. The molecule has 1 N–H and O–H groups in total. The van der Waals surface area contributed by atoms with Crippen molar-refractivity contribution in [3.63, 3.8) is 0 Å². The summed E-state index contributed by atoms with van der Waals surface area (Å²) in [5.74, 6) is 0.665. The first-order valence-electron chi connectivity index (χ1n) is 6.65. The molecule has 2 fully saturated rings. The first-order valence-corrected chi connectivity index (χ1v) is 6.65. The molecule has 1 heteroatoms. The smallest absolute Gasteiger partial charge is 0.0952 e. The molecule has 0 aliphatic heterocycles. The molecule has 3 atom stereocenters. The summed E-state index contributed by atoms with van der Waals surface area (Å²) >= 11 is 0. The fraction of sp³-hybridized carbons (Fsp3) is 0.625. The van der Waals surface area contributed by atoms with E-state index in [1.54, 1.807) is 0 Å². The molecule has 0 aromatic heterocycles. The van der Waals surface area contributed by atoms with E-state index < -0.39 is 5.60 Å². The highest BCUT2D eigenvalue weighted by Gasteiger charge is 2.64. The molecule has 0 heterocycles. The normalized spacial score (nSPS) is 42.9. The van der Waals surface area contributed by atoms with Crippen LogP contribution < -0.4 is 0 Å². The molecule has 1 aromatic rings. The molecule has 0 unspecified atom stereocenters. The molecule has 3 rings (SSSR count). The molecule has 92 valence electrons. The minimum absolute atomic E-state index is 0.0581. The molecule has 17 heavy (non-hydrogen) atoms. The highest BCUT2D eigenvalue weighted by molar-refractivity contribution is 5.30. The van der Waals surface area contributed by atoms with Gasteiger partial charge in [-0.3, -0.25) is 0 Å². The van der Waals surface area contributed by atoms with Gasteiger partial charge in [-0.15, -0.1) is 0 Å². The van der Waals surface area contributed by atoms with Gasteiger partial charge in [0.15, 0.2) is 0 Å². The summed E-state index contributed by atoms with van der Waals surface area (Å²) in [7, 11) is 0. The molecule has 2 bridgehead atoms. The predicted octanol–water partition coefficient (Wildman–Crippen LogP) is 3.72. The second-order valence-corrected chi connectivity index (χ2v) is 7.06. The maximum atomic E-state index is 11.1. The summed E-state index contributed by atoms with van der Waals surface area (Å²) in [5, 5.41) is 11.1. The zero-order valence-electron chi connectivity index (χ0n) is 11.0. The lowest BCUT2D eigenvalue weighted by Crippen LogP contribution is -2.43. The Hall–Kier alpha value is -0.820. The van der Waals surface area contributed by atoms with Crippen LogP contribution in [0.3, 0.4) is 0 Å². The third kappa shape index (κ3) is 1.35. The molecule has 1 nitrogen and oxygen atoms in total. The minimum Gasteiger partial charge on any atom is -0.385 e. The third-order valence-electron chi connectivity index (χ3n) is 5.44. The van der Waals surface area contributed by atoms with Crippen molar-refractivity contribution in [1.29, 1.82) is 0 Å². The summed E-state index contributed by atoms with van der Waals surface area (Å²) in [6, 6.07) is 10.3. The molecule has 0 saturated heterocycles. The molecule has 2 saturated carbocycles. The second kappa shape index (κ2) is 3.14. The molecule has 0 radical (unpaired) electrons. The molecular weight excluding hydrogens is 208 g/mol. The quantitative estimate of drug-likeness (QED) is 0.779. The fourth-order valence-electron chi connectivity index (χ4n) is 4.49.